The third kappa shape index (κ3) is 4.78. The van der Waals surface area contributed by atoms with Crippen molar-refractivity contribution in [2.75, 3.05) is 26.7 Å². The molecule has 0 aromatic carbocycles. The van der Waals surface area contributed by atoms with Crippen molar-refractivity contribution in [1.82, 2.24) is 9.80 Å². The van der Waals surface area contributed by atoms with Gasteiger partial charge in [0.1, 0.15) is 0 Å². The first-order valence-corrected chi connectivity index (χ1v) is 7.02. The Morgan fingerprint density at radius 2 is 2.21 bits per heavy atom. The summed E-state index contributed by atoms with van der Waals surface area (Å²) in [5.74, 6) is 0.849. The van der Waals surface area contributed by atoms with Crippen LogP contribution in [0.4, 0.5) is 0 Å². The van der Waals surface area contributed by atoms with Gasteiger partial charge in [0.2, 0.25) is 11.8 Å². The number of thiocarbonyl (C=S) groups is 1. The van der Waals surface area contributed by atoms with Gasteiger partial charge in [-0.1, -0.05) is 26.1 Å². The molecule has 0 aromatic heterocycles. The van der Waals surface area contributed by atoms with Crippen LogP contribution in [0.25, 0.3) is 0 Å². The lowest BCUT2D eigenvalue weighted by atomic mass is 9.95. The van der Waals surface area contributed by atoms with E-state index in [0.29, 0.717) is 42.8 Å². The van der Waals surface area contributed by atoms with Gasteiger partial charge in [0.25, 0.3) is 0 Å². The summed E-state index contributed by atoms with van der Waals surface area (Å²) in [7, 11) is 1.71. The van der Waals surface area contributed by atoms with Crippen molar-refractivity contribution in [3.8, 4) is 0 Å². The van der Waals surface area contributed by atoms with Gasteiger partial charge in [0, 0.05) is 33.0 Å². The SMILES string of the molecule is CC(C)C1CC(=O)N(CC(=O)N(C)CCC(N)=S)C1. The molecule has 0 spiro atoms. The topological polar surface area (TPSA) is 66.6 Å². The van der Waals surface area contributed by atoms with Crippen LogP contribution in [0.2, 0.25) is 0 Å². The Kier molecular flexibility index (Phi) is 5.72. The van der Waals surface area contributed by atoms with Gasteiger partial charge in [0.05, 0.1) is 11.5 Å². The fourth-order valence-electron chi connectivity index (χ4n) is 2.09. The number of nitrogens with zero attached hydrogens (tertiary/aromatic N) is 2. The van der Waals surface area contributed by atoms with Crippen LogP contribution in [0, 0.1) is 11.8 Å². The molecule has 1 fully saturated rings. The Morgan fingerprint density at radius 3 is 2.68 bits per heavy atom. The molecule has 1 atom stereocenters. The number of likely N-dealkylation sites (N-methyl/N-ethyl adjacent to an activating group) is 1. The van der Waals surface area contributed by atoms with E-state index in [-0.39, 0.29) is 18.4 Å². The first-order chi connectivity index (χ1) is 8.81. The van der Waals surface area contributed by atoms with Gasteiger partial charge in [-0.05, 0) is 11.8 Å². The predicted molar refractivity (Wildman–Crippen MR) is 78.6 cm³/mol. The van der Waals surface area contributed by atoms with Gasteiger partial charge in [-0.15, -0.1) is 0 Å². The number of carbonyl (C=O) groups is 2. The molecule has 2 N–H and O–H groups in total. The summed E-state index contributed by atoms with van der Waals surface area (Å²) in [6.07, 6.45) is 1.07. The highest BCUT2D eigenvalue weighted by atomic mass is 32.1. The molecule has 1 saturated heterocycles. The van der Waals surface area contributed by atoms with Crippen LogP contribution in [0.3, 0.4) is 0 Å². The summed E-state index contributed by atoms with van der Waals surface area (Å²) < 4.78 is 0. The van der Waals surface area contributed by atoms with Crippen LogP contribution in [-0.4, -0.2) is 53.3 Å². The van der Waals surface area contributed by atoms with Gasteiger partial charge in [-0.25, -0.2) is 0 Å². The van der Waals surface area contributed by atoms with Crippen molar-refractivity contribution < 1.29 is 9.59 Å². The zero-order valence-corrected chi connectivity index (χ0v) is 12.7. The van der Waals surface area contributed by atoms with Crippen LogP contribution in [-0.2, 0) is 9.59 Å². The average Bonchev–Trinajstić information content (AvgIpc) is 2.68. The maximum absolute atomic E-state index is 12.0. The lowest BCUT2D eigenvalue weighted by Gasteiger charge is -2.22. The molecule has 0 bridgehead atoms. The van der Waals surface area contributed by atoms with Crippen LogP contribution < -0.4 is 5.73 Å². The van der Waals surface area contributed by atoms with Crippen LogP contribution in [0.15, 0.2) is 0 Å². The minimum Gasteiger partial charge on any atom is -0.393 e. The average molecular weight is 285 g/mol. The molecule has 0 saturated carbocycles. The largest absolute Gasteiger partial charge is 0.393 e. The first kappa shape index (κ1) is 15.9. The number of hydrogen-bond donors (Lipinski definition) is 1. The van der Waals surface area contributed by atoms with E-state index in [0.717, 1.165) is 0 Å². The molecular weight excluding hydrogens is 262 g/mol. The van der Waals surface area contributed by atoms with Gasteiger partial charge in [0.15, 0.2) is 0 Å². The molecule has 1 rings (SSSR count). The smallest absolute Gasteiger partial charge is 0.241 e. The van der Waals surface area contributed by atoms with Gasteiger partial charge in [-0.2, -0.15) is 0 Å². The van der Waals surface area contributed by atoms with Crippen molar-refractivity contribution in [3.05, 3.63) is 0 Å². The summed E-state index contributed by atoms with van der Waals surface area (Å²) in [4.78, 5) is 27.4. The Morgan fingerprint density at radius 1 is 1.58 bits per heavy atom. The van der Waals surface area contributed by atoms with E-state index < -0.39 is 0 Å². The predicted octanol–water partition coefficient (Wildman–Crippen LogP) is 0.626. The second-order valence-corrected chi connectivity index (χ2v) is 6.04. The van der Waals surface area contributed by atoms with E-state index in [1.54, 1.807) is 16.8 Å². The highest BCUT2D eigenvalue weighted by Gasteiger charge is 2.32. The van der Waals surface area contributed by atoms with Gasteiger partial charge >= 0.3 is 0 Å². The lowest BCUT2D eigenvalue weighted by Crippen LogP contribution is -2.40. The number of nitrogens with two attached hydrogens (primary N) is 1. The van der Waals surface area contributed by atoms with Crippen LogP contribution in [0.5, 0.6) is 0 Å². The molecule has 5 nitrogen and oxygen atoms in total. The van der Waals surface area contributed by atoms with E-state index >= 15 is 0 Å². The normalized spacial score (nSPS) is 19.1. The summed E-state index contributed by atoms with van der Waals surface area (Å²) in [6.45, 7) is 5.57. The summed E-state index contributed by atoms with van der Waals surface area (Å²) in [5, 5.41) is 0. The first-order valence-electron chi connectivity index (χ1n) is 6.61. The van der Waals surface area contributed by atoms with E-state index in [1.165, 1.54) is 0 Å². The Hall–Kier alpha value is -1.17. The molecule has 1 unspecified atom stereocenters. The third-order valence-electron chi connectivity index (χ3n) is 3.63. The van der Waals surface area contributed by atoms with E-state index in [4.69, 9.17) is 18.0 Å². The molecule has 0 radical (unpaired) electrons. The van der Waals surface area contributed by atoms with E-state index in [1.807, 2.05) is 0 Å². The monoisotopic (exact) mass is 285 g/mol. The fraction of sp³-hybridized carbons (Fsp3) is 0.769. The maximum atomic E-state index is 12.0. The minimum absolute atomic E-state index is 0.0611. The second-order valence-electron chi connectivity index (χ2n) is 5.51. The standard InChI is InChI=1S/C13H23N3O2S/c1-9(2)10-6-12(17)16(7-10)8-13(18)15(3)5-4-11(14)19/h9-10H,4-8H2,1-3H3,(H2,14,19). The van der Waals surface area contributed by atoms with Crippen molar-refractivity contribution in [2.24, 2.45) is 17.6 Å². The number of likely N-dealkylation sites (tertiary alicyclic amines) is 1. The zero-order valence-electron chi connectivity index (χ0n) is 11.9. The van der Waals surface area contributed by atoms with E-state index in [2.05, 4.69) is 13.8 Å². The molecule has 1 aliphatic heterocycles. The molecule has 0 aliphatic carbocycles. The minimum atomic E-state index is -0.0611. The third-order valence-corrected chi connectivity index (χ3v) is 3.84. The van der Waals surface area contributed by atoms with Crippen molar-refractivity contribution in [2.45, 2.75) is 26.7 Å². The molecule has 6 heteroatoms. The van der Waals surface area contributed by atoms with Crippen LogP contribution in [0.1, 0.15) is 26.7 Å². The van der Waals surface area contributed by atoms with Crippen molar-refractivity contribution in [3.63, 3.8) is 0 Å². The summed E-state index contributed by atoms with van der Waals surface area (Å²) >= 11 is 4.78. The zero-order chi connectivity index (χ0) is 14.6. The molecule has 1 aliphatic rings. The summed E-state index contributed by atoms with van der Waals surface area (Å²) in [6, 6.07) is 0. The quantitative estimate of drug-likeness (QED) is 0.727. The number of hydrogen-bond acceptors (Lipinski definition) is 3. The number of rotatable bonds is 6. The van der Waals surface area contributed by atoms with Gasteiger partial charge in [-0.3, -0.25) is 9.59 Å². The highest BCUT2D eigenvalue weighted by molar-refractivity contribution is 7.80. The van der Waals surface area contributed by atoms with Gasteiger partial charge < -0.3 is 15.5 Å². The molecule has 1 heterocycles. The molecule has 108 valence electrons. The molecule has 0 aromatic rings. The Labute approximate surface area is 120 Å². The molecule has 19 heavy (non-hydrogen) atoms. The second kappa shape index (κ2) is 6.84. The van der Waals surface area contributed by atoms with Crippen LogP contribution >= 0.6 is 12.2 Å². The fourth-order valence-corrected chi connectivity index (χ4v) is 2.18. The van der Waals surface area contributed by atoms with E-state index in [9.17, 15) is 9.59 Å². The number of amides is 2. The van der Waals surface area contributed by atoms with Crippen molar-refractivity contribution >= 4 is 29.0 Å². The Bertz CT molecular complexity index is 371. The highest BCUT2D eigenvalue weighted by Crippen LogP contribution is 2.24. The molecule has 2 amide bonds. The lowest BCUT2D eigenvalue weighted by molar-refractivity contribution is -0.137. The summed E-state index contributed by atoms with van der Waals surface area (Å²) in [5.41, 5.74) is 5.41. The maximum Gasteiger partial charge on any atom is 0.241 e. The number of carbonyl (C=O) groups excluding carboxylic acids is 2. The van der Waals surface area contributed by atoms with Crippen molar-refractivity contribution in [1.29, 1.82) is 0 Å². The molecular formula is C13H23N3O2S. The Balaban J connectivity index is 2.44.